The molecule has 0 aliphatic carbocycles. The molecule has 2 atom stereocenters. The summed E-state index contributed by atoms with van der Waals surface area (Å²) in [7, 11) is 0. The van der Waals surface area contributed by atoms with Gasteiger partial charge in [0.1, 0.15) is 6.10 Å². The average Bonchev–Trinajstić information content (AvgIpc) is 2.34. The minimum absolute atomic E-state index is 0. The van der Waals surface area contributed by atoms with Gasteiger partial charge in [0.2, 0.25) is 0 Å². The number of piperazine rings is 1. The van der Waals surface area contributed by atoms with Crippen LogP contribution in [0.15, 0.2) is 0 Å². The van der Waals surface area contributed by atoms with Crippen LogP contribution in [0.2, 0.25) is 0 Å². The maximum Gasteiger partial charge on any atom is 0.251 e. The third-order valence-electron chi connectivity index (χ3n) is 2.93. The molecule has 1 aliphatic heterocycles. The van der Waals surface area contributed by atoms with Crippen molar-refractivity contribution >= 4 is 18.3 Å². The maximum atomic E-state index is 12.1. The van der Waals surface area contributed by atoms with E-state index in [1.165, 1.54) is 0 Å². The van der Waals surface area contributed by atoms with Gasteiger partial charge in [-0.1, -0.05) is 0 Å². The van der Waals surface area contributed by atoms with Crippen molar-refractivity contribution in [3.8, 4) is 0 Å². The summed E-state index contributed by atoms with van der Waals surface area (Å²) in [5.74, 6) is 0.0792. The molecule has 6 heteroatoms. The molecular formula is C12H25ClN2O3. The van der Waals surface area contributed by atoms with E-state index in [2.05, 4.69) is 12.2 Å². The first-order valence-corrected chi connectivity index (χ1v) is 6.37. The van der Waals surface area contributed by atoms with E-state index in [0.29, 0.717) is 19.8 Å². The normalized spacial score (nSPS) is 21.3. The van der Waals surface area contributed by atoms with Crippen molar-refractivity contribution < 1.29 is 14.3 Å². The molecule has 1 amide bonds. The molecule has 1 rings (SSSR count). The second kappa shape index (κ2) is 9.55. The highest BCUT2D eigenvalue weighted by atomic mass is 35.5. The van der Waals surface area contributed by atoms with Crippen molar-refractivity contribution in [1.82, 2.24) is 10.2 Å². The van der Waals surface area contributed by atoms with Gasteiger partial charge in [-0.25, -0.2) is 0 Å². The first-order chi connectivity index (χ1) is 8.16. The van der Waals surface area contributed by atoms with Gasteiger partial charge >= 0.3 is 0 Å². The van der Waals surface area contributed by atoms with Crippen LogP contribution in [0.4, 0.5) is 0 Å². The third-order valence-corrected chi connectivity index (χ3v) is 2.93. The molecule has 0 aromatic heterocycles. The summed E-state index contributed by atoms with van der Waals surface area (Å²) in [4.78, 5) is 14.0. The second-order valence-corrected chi connectivity index (χ2v) is 4.29. The highest BCUT2D eigenvalue weighted by Gasteiger charge is 2.27. The van der Waals surface area contributed by atoms with Crippen molar-refractivity contribution in [2.75, 3.05) is 39.5 Å². The van der Waals surface area contributed by atoms with E-state index in [-0.39, 0.29) is 30.5 Å². The Labute approximate surface area is 116 Å². The zero-order chi connectivity index (χ0) is 12.7. The Hall–Kier alpha value is -0.360. The summed E-state index contributed by atoms with van der Waals surface area (Å²) >= 11 is 0. The van der Waals surface area contributed by atoms with Crippen LogP contribution < -0.4 is 5.32 Å². The van der Waals surface area contributed by atoms with Gasteiger partial charge in [0, 0.05) is 32.3 Å². The van der Waals surface area contributed by atoms with Crippen LogP contribution in [-0.4, -0.2) is 62.4 Å². The Balaban J connectivity index is 0.00000289. The lowest BCUT2D eigenvalue weighted by Crippen LogP contribution is -2.54. The minimum Gasteiger partial charge on any atom is -0.379 e. The zero-order valence-corrected chi connectivity index (χ0v) is 12.3. The Kier molecular flexibility index (Phi) is 9.36. The van der Waals surface area contributed by atoms with E-state index in [4.69, 9.17) is 9.47 Å². The number of hydrogen-bond acceptors (Lipinski definition) is 4. The van der Waals surface area contributed by atoms with Crippen LogP contribution in [0.5, 0.6) is 0 Å². The Bertz CT molecular complexity index is 241. The van der Waals surface area contributed by atoms with E-state index in [0.717, 1.165) is 19.6 Å². The molecule has 18 heavy (non-hydrogen) atoms. The molecule has 108 valence electrons. The third kappa shape index (κ3) is 5.52. The van der Waals surface area contributed by atoms with Crippen molar-refractivity contribution in [2.24, 2.45) is 0 Å². The Morgan fingerprint density at radius 1 is 1.50 bits per heavy atom. The van der Waals surface area contributed by atoms with Gasteiger partial charge < -0.3 is 19.7 Å². The quantitative estimate of drug-likeness (QED) is 0.727. The Morgan fingerprint density at radius 2 is 2.22 bits per heavy atom. The largest absolute Gasteiger partial charge is 0.379 e. The molecule has 0 radical (unpaired) electrons. The van der Waals surface area contributed by atoms with E-state index < -0.39 is 0 Å². The first kappa shape index (κ1) is 17.6. The van der Waals surface area contributed by atoms with E-state index in [9.17, 15) is 4.79 Å². The van der Waals surface area contributed by atoms with Gasteiger partial charge in [-0.15, -0.1) is 12.4 Å². The van der Waals surface area contributed by atoms with Crippen molar-refractivity contribution in [3.63, 3.8) is 0 Å². The monoisotopic (exact) mass is 280 g/mol. The molecule has 1 N–H and O–H groups in total. The van der Waals surface area contributed by atoms with Gasteiger partial charge in [-0.2, -0.15) is 0 Å². The molecule has 1 aliphatic rings. The molecule has 0 spiro atoms. The summed E-state index contributed by atoms with van der Waals surface area (Å²) in [6.07, 6.45) is -0.379. The van der Waals surface area contributed by atoms with E-state index in [1.807, 2.05) is 18.7 Å². The molecule has 1 fully saturated rings. The van der Waals surface area contributed by atoms with Crippen molar-refractivity contribution in [1.29, 1.82) is 0 Å². The lowest BCUT2D eigenvalue weighted by atomic mass is 10.2. The van der Waals surface area contributed by atoms with Gasteiger partial charge in [0.15, 0.2) is 0 Å². The molecule has 0 bridgehead atoms. The van der Waals surface area contributed by atoms with Crippen LogP contribution in [0.25, 0.3) is 0 Å². The SMILES string of the molecule is CCOCCOC(C)C(=O)N1CCNC[C@H]1C.Cl. The summed E-state index contributed by atoms with van der Waals surface area (Å²) in [5, 5.41) is 3.26. The number of nitrogens with one attached hydrogen (secondary N) is 1. The molecule has 0 saturated carbocycles. The van der Waals surface area contributed by atoms with Crippen molar-refractivity contribution in [3.05, 3.63) is 0 Å². The molecule has 0 aromatic carbocycles. The van der Waals surface area contributed by atoms with Crippen LogP contribution in [0, 0.1) is 0 Å². The first-order valence-electron chi connectivity index (χ1n) is 6.37. The minimum atomic E-state index is -0.379. The lowest BCUT2D eigenvalue weighted by Gasteiger charge is -2.35. The number of halogens is 1. The molecule has 5 nitrogen and oxygen atoms in total. The lowest BCUT2D eigenvalue weighted by molar-refractivity contribution is -0.146. The van der Waals surface area contributed by atoms with E-state index in [1.54, 1.807) is 0 Å². The Morgan fingerprint density at radius 3 is 2.83 bits per heavy atom. The van der Waals surface area contributed by atoms with E-state index >= 15 is 0 Å². The standard InChI is InChI=1S/C12H24N2O3.ClH/c1-4-16-7-8-17-11(3)12(15)14-6-5-13-9-10(14)2;/h10-11,13H,4-9H2,1-3H3;1H/t10-,11?;/m1./s1. The average molecular weight is 281 g/mol. The number of ether oxygens (including phenoxy) is 2. The molecule has 1 saturated heterocycles. The molecular weight excluding hydrogens is 256 g/mol. The van der Waals surface area contributed by atoms with Gasteiger partial charge in [0.25, 0.3) is 5.91 Å². The number of carbonyl (C=O) groups is 1. The molecule has 1 unspecified atom stereocenters. The number of hydrogen-bond donors (Lipinski definition) is 1. The number of carbonyl (C=O) groups excluding carboxylic acids is 1. The number of amides is 1. The summed E-state index contributed by atoms with van der Waals surface area (Å²) in [5.41, 5.74) is 0. The van der Waals surface area contributed by atoms with Crippen LogP contribution in [0.1, 0.15) is 20.8 Å². The fraction of sp³-hybridized carbons (Fsp3) is 0.917. The second-order valence-electron chi connectivity index (χ2n) is 4.29. The smallest absolute Gasteiger partial charge is 0.251 e. The zero-order valence-electron chi connectivity index (χ0n) is 11.5. The van der Waals surface area contributed by atoms with Crippen LogP contribution in [-0.2, 0) is 14.3 Å². The summed E-state index contributed by atoms with van der Waals surface area (Å²) < 4.78 is 10.6. The van der Waals surface area contributed by atoms with Gasteiger partial charge in [-0.05, 0) is 20.8 Å². The fourth-order valence-electron chi connectivity index (χ4n) is 1.90. The highest BCUT2D eigenvalue weighted by Crippen LogP contribution is 2.07. The van der Waals surface area contributed by atoms with Gasteiger partial charge in [-0.3, -0.25) is 4.79 Å². The molecule has 1 heterocycles. The van der Waals surface area contributed by atoms with Crippen LogP contribution >= 0.6 is 12.4 Å². The fourth-order valence-corrected chi connectivity index (χ4v) is 1.90. The highest BCUT2D eigenvalue weighted by molar-refractivity contribution is 5.85. The summed E-state index contributed by atoms with van der Waals surface area (Å²) in [6, 6.07) is 0.245. The van der Waals surface area contributed by atoms with Crippen molar-refractivity contribution in [2.45, 2.75) is 32.9 Å². The predicted molar refractivity (Wildman–Crippen MR) is 73.2 cm³/mol. The topological polar surface area (TPSA) is 50.8 Å². The van der Waals surface area contributed by atoms with Crippen LogP contribution in [0.3, 0.4) is 0 Å². The predicted octanol–water partition coefficient (Wildman–Crippen LogP) is 0.670. The van der Waals surface area contributed by atoms with Gasteiger partial charge in [0.05, 0.1) is 13.2 Å². The number of rotatable bonds is 6. The number of nitrogens with zero attached hydrogens (tertiary/aromatic N) is 1. The molecule has 0 aromatic rings. The summed E-state index contributed by atoms with van der Waals surface area (Å²) in [6.45, 7) is 9.99. The maximum absolute atomic E-state index is 12.1.